The summed E-state index contributed by atoms with van der Waals surface area (Å²) in [4.78, 5) is 52.2. The summed E-state index contributed by atoms with van der Waals surface area (Å²) >= 11 is 0. The van der Waals surface area contributed by atoms with Crippen LogP contribution >= 0.6 is 0 Å². The molecule has 0 unspecified atom stereocenters. The van der Waals surface area contributed by atoms with Gasteiger partial charge in [0.25, 0.3) is 5.91 Å². The first-order valence-electron chi connectivity index (χ1n) is 12.4. The number of aromatic nitrogens is 1. The van der Waals surface area contributed by atoms with Crippen molar-refractivity contribution in [3.63, 3.8) is 0 Å². The summed E-state index contributed by atoms with van der Waals surface area (Å²) in [5.41, 5.74) is -0.255. The molecule has 2 N–H and O–H groups in total. The third-order valence-corrected chi connectivity index (χ3v) is 6.68. The van der Waals surface area contributed by atoms with Crippen molar-refractivity contribution in [1.29, 1.82) is 0 Å². The number of Topliss-reactive ketones (excluding diaryl/α,β-unsaturated/α-hetero) is 2. The van der Waals surface area contributed by atoms with Crippen LogP contribution in [-0.4, -0.2) is 68.1 Å². The van der Waals surface area contributed by atoms with Gasteiger partial charge >= 0.3 is 0 Å². The van der Waals surface area contributed by atoms with E-state index in [-0.39, 0.29) is 37.5 Å². The highest BCUT2D eigenvalue weighted by Gasteiger charge is 2.48. The molecule has 0 radical (unpaired) electrons. The molecule has 3 atom stereocenters. The minimum Gasteiger partial charge on any atom is -0.384 e. The second-order valence-corrected chi connectivity index (χ2v) is 9.91. The fraction of sp³-hybridized carbons (Fsp3) is 0.519. The van der Waals surface area contributed by atoms with Gasteiger partial charge in [-0.1, -0.05) is 30.3 Å². The first-order chi connectivity index (χ1) is 18.1. The maximum absolute atomic E-state index is 14.4. The van der Waals surface area contributed by atoms with Crippen LogP contribution in [0.1, 0.15) is 48.0 Å². The summed E-state index contributed by atoms with van der Waals surface area (Å²) in [5, 5.41) is 8.94. The number of hydrogen-bond donors (Lipinski definition) is 2. The summed E-state index contributed by atoms with van der Waals surface area (Å²) < 4.78 is 29.5. The van der Waals surface area contributed by atoms with Gasteiger partial charge in [0, 0.05) is 38.5 Å². The number of nitrogens with zero attached hydrogens (tertiary/aromatic N) is 1. The molecule has 2 amide bonds. The van der Waals surface area contributed by atoms with E-state index < -0.39 is 46.8 Å². The number of ether oxygens (including phenoxy) is 2. The van der Waals surface area contributed by atoms with Crippen molar-refractivity contribution in [3.05, 3.63) is 53.2 Å². The summed E-state index contributed by atoms with van der Waals surface area (Å²) in [6, 6.07) is 5.49. The molecule has 1 saturated carbocycles. The Morgan fingerprint density at radius 3 is 2.34 bits per heavy atom. The zero-order valence-corrected chi connectivity index (χ0v) is 22.0. The predicted octanol–water partition coefficient (Wildman–Crippen LogP) is 2.19. The van der Waals surface area contributed by atoms with Crippen LogP contribution in [0.15, 0.2) is 34.9 Å². The lowest BCUT2D eigenvalue weighted by Crippen LogP contribution is -2.50. The Morgan fingerprint density at radius 1 is 1.08 bits per heavy atom. The van der Waals surface area contributed by atoms with E-state index in [1.54, 1.807) is 25.1 Å². The van der Waals surface area contributed by atoms with Crippen LogP contribution in [0.2, 0.25) is 0 Å². The molecule has 1 heterocycles. The third kappa shape index (κ3) is 7.55. The van der Waals surface area contributed by atoms with Crippen LogP contribution in [0.4, 0.5) is 4.39 Å². The maximum Gasteiger partial charge on any atom is 0.274 e. The fourth-order valence-corrected chi connectivity index (χ4v) is 4.14. The number of benzene rings is 1. The van der Waals surface area contributed by atoms with Gasteiger partial charge in [-0.15, -0.1) is 0 Å². The van der Waals surface area contributed by atoms with E-state index >= 15 is 0 Å². The lowest BCUT2D eigenvalue weighted by molar-refractivity contribution is -0.135. The van der Waals surface area contributed by atoms with Gasteiger partial charge in [-0.2, -0.15) is 0 Å². The number of hydrogen-bond acceptors (Lipinski definition) is 8. The van der Waals surface area contributed by atoms with Gasteiger partial charge in [0.15, 0.2) is 17.3 Å². The van der Waals surface area contributed by atoms with Crippen LogP contribution in [0.5, 0.6) is 0 Å². The Hall–Kier alpha value is -3.44. The van der Waals surface area contributed by atoms with Crippen molar-refractivity contribution in [3.8, 4) is 0 Å². The van der Waals surface area contributed by atoms with Crippen molar-refractivity contribution in [2.24, 2.45) is 11.3 Å². The minimum atomic E-state index is -1.06. The van der Waals surface area contributed by atoms with E-state index in [0.29, 0.717) is 24.2 Å². The number of nitrogens with one attached hydrogen (secondary N) is 2. The van der Waals surface area contributed by atoms with E-state index in [9.17, 15) is 23.6 Å². The first kappa shape index (κ1) is 29.1. The molecule has 38 heavy (non-hydrogen) atoms. The molecule has 1 aromatic heterocycles. The molecule has 1 aliphatic rings. The highest BCUT2D eigenvalue weighted by atomic mass is 19.1. The quantitative estimate of drug-likeness (QED) is 0.357. The van der Waals surface area contributed by atoms with Gasteiger partial charge < -0.3 is 24.6 Å². The lowest BCUT2D eigenvalue weighted by Gasteiger charge is -2.25. The number of methoxy groups -OCH3 is 2. The number of aryl methyl sites for hydroxylation is 1. The number of halogens is 1. The van der Waals surface area contributed by atoms with E-state index in [4.69, 9.17) is 14.0 Å². The molecule has 0 aliphatic heterocycles. The van der Waals surface area contributed by atoms with E-state index in [0.717, 1.165) is 0 Å². The van der Waals surface area contributed by atoms with Crippen LogP contribution in [-0.2, 0) is 30.3 Å². The molecule has 1 aromatic carbocycles. The Bertz CT molecular complexity index is 1160. The Labute approximate surface area is 220 Å². The number of carbonyl (C=O) groups is 4. The van der Waals surface area contributed by atoms with Crippen LogP contribution in [0, 0.1) is 24.1 Å². The molecule has 206 valence electrons. The molecule has 11 heteroatoms. The van der Waals surface area contributed by atoms with Gasteiger partial charge in [0.1, 0.15) is 17.6 Å². The molecule has 0 spiro atoms. The van der Waals surface area contributed by atoms with Crippen molar-refractivity contribution >= 4 is 23.4 Å². The average Bonchev–Trinajstić information content (AvgIpc) is 3.49. The summed E-state index contributed by atoms with van der Waals surface area (Å²) in [7, 11) is 2.77. The van der Waals surface area contributed by atoms with Crippen molar-refractivity contribution in [1.82, 2.24) is 15.8 Å². The summed E-state index contributed by atoms with van der Waals surface area (Å²) in [5.74, 6) is -2.84. The molecule has 2 aromatic rings. The maximum atomic E-state index is 14.4. The number of ketones is 2. The van der Waals surface area contributed by atoms with Crippen molar-refractivity contribution < 1.29 is 37.6 Å². The van der Waals surface area contributed by atoms with Crippen molar-refractivity contribution in [2.45, 2.75) is 51.6 Å². The molecule has 0 bridgehead atoms. The van der Waals surface area contributed by atoms with Gasteiger partial charge in [-0.25, -0.2) is 4.39 Å². The van der Waals surface area contributed by atoms with E-state index in [1.807, 2.05) is 6.92 Å². The molecular weight excluding hydrogens is 497 g/mol. The number of amides is 2. The Kier molecular flexibility index (Phi) is 9.87. The molecule has 1 aliphatic carbocycles. The monoisotopic (exact) mass is 531 g/mol. The minimum absolute atomic E-state index is 0.00524. The van der Waals surface area contributed by atoms with Gasteiger partial charge in [0.05, 0.1) is 25.2 Å². The highest BCUT2D eigenvalue weighted by Crippen LogP contribution is 2.46. The summed E-state index contributed by atoms with van der Waals surface area (Å²) in [6.45, 7) is 3.21. The second kappa shape index (κ2) is 12.9. The standard InChI is InChI=1S/C27H34FN3O7/c1-16-11-21(31-38-16)26(35)30-22(15-37-4)23(32)13-18(14-36-3)25(34)29-20(24(33)27(2)9-10-27)12-17-7-5-6-8-19(17)28/h5-8,11,18,20,22H,9-10,12-15H2,1-4H3,(H,29,34)(H,30,35)/t18-,20-,22-/m0/s1. The van der Waals surface area contributed by atoms with E-state index in [2.05, 4.69) is 15.8 Å². The predicted molar refractivity (Wildman–Crippen MR) is 134 cm³/mol. The van der Waals surface area contributed by atoms with Gasteiger partial charge in [-0.3, -0.25) is 19.2 Å². The zero-order valence-electron chi connectivity index (χ0n) is 22.0. The average molecular weight is 532 g/mol. The van der Waals surface area contributed by atoms with Gasteiger partial charge in [0.2, 0.25) is 5.91 Å². The number of carbonyl (C=O) groups excluding carboxylic acids is 4. The van der Waals surface area contributed by atoms with Crippen molar-refractivity contribution in [2.75, 3.05) is 27.4 Å². The van der Waals surface area contributed by atoms with Crippen LogP contribution in [0.3, 0.4) is 0 Å². The molecule has 1 fully saturated rings. The Morgan fingerprint density at radius 2 is 1.76 bits per heavy atom. The molecular formula is C27H34FN3O7. The topological polar surface area (TPSA) is 137 Å². The highest BCUT2D eigenvalue weighted by molar-refractivity contribution is 5.99. The Balaban J connectivity index is 1.72. The van der Waals surface area contributed by atoms with Gasteiger partial charge in [-0.05, 0) is 31.4 Å². The zero-order chi connectivity index (χ0) is 27.9. The fourth-order valence-electron chi connectivity index (χ4n) is 4.14. The summed E-state index contributed by atoms with van der Waals surface area (Å²) in [6.07, 6.45) is 1.08. The lowest BCUT2D eigenvalue weighted by atomic mass is 9.91. The normalized spacial score (nSPS) is 16.2. The smallest absolute Gasteiger partial charge is 0.274 e. The molecule has 3 rings (SSSR count). The first-order valence-corrected chi connectivity index (χ1v) is 12.4. The van der Waals surface area contributed by atoms with Crippen LogP contribution in [0.25, 0.3) is 0 Å². The second-order valence-electron chi connectivity index (χ2n) is 9.91. The van der Waals surface area contributed by atoms with Crippen LogP contribution < -0.4 is 10.6 Å². The largest absolute Gasteiger partial charge is 0.384 e. The SMILES string of the molecule is COC[C@H](CC(=O)[C@H](COC)NC(=O)c1cc(C)on1)C(=O)N[C@@H](Cc1ccccc1F)C(=O)C1(C)CC1. The third-order valence-electron chi connectivity index (χ3n) is 6.68. The van der Waals surface area contributed by atoms with E-state index in [1.165, 1.54) is 26.4 Å². The molecule has 10 nitrogen and oxygen atoms in total. The molecule has 0 saturated heterocycles. The number of rotatable bonds is 15.